The summed E-state index contributed by atoms with van der Waals surface area (Å²) in [5, 5.41) is 7.00. The molecular weight excluding hydrogens is 396 g/mol. The molecule has 9 nitrogen and oxygen atoms in total. The molecule has 0 unspecified atom stereocenters. The second-order valence-corrected chi connectivity index (χ2v) is 7.74. The van der Waals surface area contributed by atoms with Gasteiger partial charge < -0.3 is 24.4 Å². The van der Waals surface area contributed by atoms with Gasteiger partial charge in [-0.25, -0.2) is 9.78 Å². The van der Waals surface area contributed by atoms with Crippen molar-refractivity contribution < 1.29 is 14.1 Å². The fourth-order valence-electron chi connectivity index (χ4n) is 3.63. The van der Waals surface area contributed by atoms with Gasteiger partial charge in [-0.2, -0.15) is 4.98 Å². The molecule has 5 rings (SSSR count). The molecule has 1 saturated carbocycles. The Morgan fingerprint density at radius 1 is 1.13 bits per heavy atom. The molecule has 1 aromatic carbocycles. The van der Waals surface area contributed by atoms with Crippen LogP contribution in [0.5, 0.6) is 5.75 Å². The number of carbonyl (C=O) groups excluding carboxylic acids is 1. The van der Waals surface area contributed by atoms with E-state index >= 15 is 0 Å². The summed E-state index contributed by atoms with van der Waals surface area (Å²) in [5.41, 5.74) is 1.51. The van der Waals surface area contributed by atoms with E-state index in [4.69, 9.17) is 9.26 Å². The Labute approximate surface area is 180 Å². The number of pyridine rings is 1. The summed E-state index contributed by atoms with van der Waals surface area (Å²) >= 11 is 0. The normalized spacial score (nSPS) is 16.3. The predicted molar refractivity (Wildman–Crippen MR) is 115 cm³/mol. The summed E-state index contributed by atoms with van der Waals surface area (Å²) in [7, 11) is 1.59. The fraction of sp³-hybridized carbons (Fsp3) is 0.364. The maximum absolute atomic E-state index is 12.6. The Balaban J connectivity index is 1.17. The molecule has 1 aliphatic heterocycles. The van der Waals surface area contributed by atoms with Crippen molar-refractivity contribution in [1.29, 1.82) is 0 Å². The van der Waals surface area contributed by atoms with Crippen molar-refractivity contribution in [3.63, 3.8) is 0 Å². The Morgan fingerprint density at radius 2 is 1.94 bits per heavy atom. The van der Waals surface area contributed by atoms with Crippen LogP contribution in [0, 0.1) is 0 Å². The van der Waals surface area contributed by atoms with E-state index in [1.54, 1.807) is 18.2 Å². The number of para-hydroxylation sites is 2. The minimum absolute atomic E-state index is 0.129. The highest BCUT2D eigenvalue weighted by atomic mass is 16.5. The molecule has 1 N–H and O–H groups in total. The van der Waals surface area contributed by atoms with Crippen molar-refractivity contribution in [1.82, 2.24) is 20.0 Å². The van der Waals surface area contributed by atoms with E-state index in [1.807, 2.05) is 36.4 Å². The zero-order chi connectivity index (χ0) is 21.2. The van der Waals surface area contributed by atoms with Gasteiger partial charge in [-0.1, -0.05) is 17.3 Å². The topological polar surface area (TPSA) is 96.6 Å². The van der Waals surface area contributed by atoms with E-state index < -0.39 is 0 Å². The Hall–Kier alpha value is -3.62. The van der Waals surface area contributed by atoms with Crippen molar-refractivity contribution in [2.75, 3.05) is 43.5 Å². The number of aromatic nitrogens is 3. The summed E-state index contributed by atoms with van der Waals surface area (Å²) < 4.78 is 10.6. The van der Waals surface area contributed by atoms with Crippen molar-refractivity contribution in [3.05, 3.63) is 48.5 Å². The molecule has 9 heteroatoms. The number of hydrogen-bond acceptors (Lipinski definition) is 7. The molecule has 0 atom stereocenters. The Morgan fingerprint density at radius 3 is 2.65 bits per heavy atom. The van der Waals surface area contributed by atoms with Gasteiger partial charge in [0.1, 0.15) is 11.6 Å². The monoisotopic (exact) mass is 420 g/mol. The van der Waals surface area contributed by atoms with Crippen LogP contribution >= 0.6 is 0 Å². The van der Waals surface area contributed by atoms with E-state index in [9.17, 15) is 4.79 Å². The van der Waals surface area contributed by atoms with Gasteiger partial charge in [0.2, 0.25) is 11.7 Å². The second kappa shape index (κ2) is 8.25. The molecule has 0 bridgehead atoms. The second-order valence-electron chi connectivity index (χ2n) is 7.74. The smallest absolute Gasteiger partial charge is 0.322 e. The number of nitrogens with one attached hydrogen (secondary N) is 1. The lowest BCUT2D eigenvalue weighted by Crippen LogP contribution is -2.50. The summed E-state index contributed by atoms with van der Waals surface area (Å²) in [6.45, 7) is 2.64. The van der Waals surface area contributed by atoms with Gasteiger partial charge in [-0.05, 0) is 37.1 Å². The summed E-state index contributed by atoms with van der Waals surface area (Å²) in [5.74, 6) is 3.26. The van der Waals surface area contributed by atoms with Crippen LogP contribution in [0.2, 0.25) is 0 Å². The molecule has 2 fully saturated rings. The zero-order valence-corrected chi connectivity index (χ0v) is 17.3. The number of piperazine rings is 1. The standard InChI is InChI=1S/C22H24N6O3/c1-30-18-5-3-2-4-17(18)24-22(29)28-12-10-27(11-13-28)19-9-8-16(14-23-19)20-25-21(31-26-20)15-6-7-15/h2-5,8-9,14-15H,6-7,10-13H2,1H3,(H,24,29). The molecule has 1 saturated heterocycles. The van der Waals surface area contributed by atoms with Gasteiger partial charge in [0.05, 0.1) is 12.8 Å². The summed E-state index contributed by atoms with van der Waals surface area (Å²) in [6, 6.07) is 11.2. The van der Waals surface area contributed by atoms with Crippen molar-refractivity contribution >= 4 is 17.5 Å². The molecule has 160 valence electrons. The van der Waals surface area contributed by atoms with E-state index in [-0.39, 0.29) is 6.03 Å². The number of urea groups is 1. The number of nitrogens with zero attached hydrogens (tertiary/aromatic N) is 5. The lowest BCUT2D eigenvalue weighted by atomic mass is 10.2. The summed E-state index contributed by atoms with van der Waals surface area (Å²) in [6.07, 6.45) is 4.03. The SMILES string of the molecule is COc1ccccc1NC(=O)N1CCN(c2ccc(-c3noc(C4CC4)n3)cn2)CC1. The van der Waals surface area contributed by atoms with E-state index in [0.29, 0.717) is 49.4 Å². The fourth-order valence-corrected chi connectivity index (χ4v) is 3.63. The predicted octanol–water partition coefficient (Wildman–Crippen LogP) is 3.37. The third-order valence-electron chi connectivity index (χ3n) is 5.61. The lowest BCUT2D eigenvalue weighted by Gasteiger charge is -2.35. The molecule has 2 amide bonds. The van der Waals surface area contributed by atoms with Gasteiger partial charge in [0.25, 0.3) is 0 Å². The number of carbonyl (C=O) groups is 1. The van der Waals surface area contributed by atoms with Crippen molar-refractivity contribution in [2.45, 2.75) is 18.8 Å². The van der Waals surface area contributed by atoms with Gasteiger partial charge >= 0.3 is 6.03 Å². The van der Waals surface area contributed by atoms with Gasteiger partial charge in [-0.3, -0.25) is 0 Å². The van der Waals surface area contributed by atoms with Crippen LogP contribution in [0.4, 0.5) is 16.3 Å². The van der Waals surface area contributed by atoms with E-state index in [0.717, 1.165) is 30.1 Å². The Kier molecular flexibility index (Phi) is 5.15. The maximum atomic E-state index is 12.6. The minimum Gasteiger partial charge on any atom is -0.495 e. The highest BCUT2D eigenvalue weighted by Gasteiger charge is 2.30. The highest BCUT2D eigenvalue weighted by Crippen LogP contribution is 2.39. The van der Waals surface area contributed by atoms with E-state index in [1.165, 1.54) is 0 Å². The first-order chi connectivity index (χ1) is 15.2. The first-order valence-corrected chi connectivity index (χ1v) is 10.4. The van der Waals surface area contributed by atoms with Crippen LogP contribution in [0.3, 0.4) is 0 Å². The number of benzene rings is 1. The maximum Gasteiger partial charge on any atom is 0.322 e. The van der Waals surface area contributed by atoms with Crippen LogP contribution in [-0.4, -0.2) is 59.3 Å². The summed E-state index contributed by atoms with van der Waals surface area (Å²) in [4.78, 5) is 25.7. The molecule has 0 radical (unpaired) electrons. The largest absolute Gasteiger partial charge is 0.495 e. The molecule has 31 heavy (non-hydrogen) atoms. The lowest BCUT2D eigenvalue weighted by molar-refractivity contribution is 0.208. The molecule has 3 heterocycles. The number of ether oxygens (including phenoxy) is 1. The van der Waals surface area contributed by atoms with Gasteiger partial charge in [0.15, 0.2) is 0 Å². The number of hydrogen-bond donors (Lipinski definition) is 1. The van der Waals surface area contributed by atoms with Gasteiger partial charge in [-0.15, -0.1) is 0 Å². The molecule has 2 aliphatic rings. The highest BCUT2D eigenvalue weighted by molar-refractivity contribution is 5.91. The first kappa shape index (κ1) is 19.3. The molecule has 2 aromatic heterocycles. The van der Waals surface area contributed by atoms with Gasteiger partial charge in [0, 0.05) is 43.9 Å². The zero-order valence-electron chi connectivity index (χ0n) is 17.3. The molecular formula is C22H24N6O3. The minimum atomic E-state index is -0.129. The van der Waals surface area contributed by atoms with Crippen molar-refractivity contribution in [2.24, 2.45) is 0 Å². The number of amides is 2. The average molecular weight is 420 g/mol. The van der Waals surface area contributed by atoms with Crippen LogP contribution in [0.25, 0.3) is 11.4 Å². The van der Waals surface area contributed by atoms with Crippen LogP contribution < -0.4 is 15.0 Å². The van der Waals surface area contributed by atoms with Crippen LogP contribution in [0.15, 0.2) is 47.1 Å². The van der Waals surface area contributed by atoms with Crippen molar-refractivity contribution in [3.8, 4) is 17.1 Å². The number of rotatable bonds is 5. The molecule has 1 aliphatic carbocycles. The molecule has 0 spiro atoms. The third-order valence-corrected chi connectivity index (χ3v) is 5.61. The third kappa shape index (κ3) is 4.16. The van der Waals surface area contributed by atoms with Crippen LogP contribution in [0.1, 0.15) is 24.7 Å². The Bertz CT molecular complexity index is 1060. The average Bonchev–Trinajstić information content (AvgIpc) is 3.56. The number of anilines is 2. The van der Waals surface area contributed by atoms with E-state index in [2.05, 4.69) is 25.3 Å². The quantitative estimate of drug-likeness (QED) is 0.676. The number of methoxy groups -OCH3 is 1. The van der Waals surface area contributed by atoms with Crippen LogP contribution in [-0.2, 0) is 0 Å². The first-order valence-electron chi connectivity index (χ1n) is 10.4. The molecule has 3 aromatic rings.